The van der Waals surface area contributed by atoms with E-state index in [2.05, 4.69) is 6.92 Å². The van der Waals surface area contributed by atoms with Crippen molar-refractivity contribution in [1.29, 1.82) is 0 Å². The van der Waals surface area contributed by atoms with Gasteiger partial charge in [0.15, 0.2) is 11.2 Å². The topological polar surface area (TPSA) is 85.4 Å². The highest BCUT2D eigenvalue weighted by molar-refractivity contribution is 5.80. The zero-order valence-electron chi connectivity index (χ0n) is 21.8. The van der Waals surface area contributed by atoms with Crippen LogP contribution in [0.25, 0.3) is 11.2 Å². The van der Waals surface area contributed by atoms with Crippen LogP contribution in [-0.2, 0) is 25.4 Å². The molecule has 1 amide bonds. The van der Waals surface area contributed by atoms with Gasteiger partial charge in [-0.1, -0.05) is 25.5 Å². The van der Waals surface area contributed by atoms with Crippen molar-refractivity contribution >= 4 is 23.0 Å². The third-order valence-electron chi connectivity index (χ3n) is 7.27. The molecule has 0 spiro atoms. The Hall–Kier alpha value is -3.43. The molecule has 0 radical (unpaired) electrons. The second-order valence-electron chi connectivity index (χ2n) is 9.81. The van der Waals surface area contributed by atoms with Gasteiger partial charge < -0.3 is 9.80 Å². The van der Waals surface area contributed by atoms with Gasteiger partial charge in [-0.2, -0.15) is 4.98 Å². The van der Waals surface area contributed by atoms with Crippen molar-refractivity contribution in [3.05, 3.63) is 56.0 Å². The van der Waals surface area contributed by atoms with Crippen molar-refractivity contribution in [2.24, 2.45) is 20.0 Å². The number of fused-ring (bicyclic) bond motifs is 1. The molecular formula is C26H35FN6O3. The van der Waals surface area contributed by atoms with E-state index in [1.807, 2.05) is 24.9 Å². The summed E-state index contributed by atoms with van der Waals surface area (Å²) < 4.78 is 19.0. The maximum atomic E-state index is 14.9. The Bertz CT molecular complexity index is 1390. The van der Waals surface area contributed by atoms with Gasteiger partial charge in [-0.15, -0.1) is 0 Å². The zero-order chi connectivity index (χ0) is 26.1. The van der Waals surface area contributed by atoms with Crippen LogP contribution in [0.15, 0.2) is 27.8 Å². The van der Waals surface area contributed by atoms with Crippen LogP contribution in [0.1, 0.15) is 43.7 Å². The first-order valence-electron chi connectivity index (χ1n) is 12.6. The Labute approximate surface area is 209 Å². The van der Waals surface area contributed by atoms with Gasteiger partial charge >= 0.3 is 5.69 Å². The Balaban J connectivity index is 1.82. The lowest BCUT2D eigenvalue weighted by Crippen LogP contribution is -2.44. The molecule has 36 heavy (non-hydrogen) atoms. The van der Waals surface area contributed by atoms with Gasteiger partial charge in [-0.25, -0.2) is 9.18 Å². The van der Waals surface area contributed by atoms with Gasteiger partial charge in [-0.05, 0) is 37.8 Å². The van der Waals surface area contributed by atoms with Crippen molar-refractivity contribution in [3.8, 4) is 0 Å². The fourth-order valence-electron chi connectivity index (χ4n) is 5.03. The molecule has 3 heterocycles. The van der Waals surface area contributed by atoms with Crippen LogP contribution in [-0.4, -0.2) is 56.2 Å². The standard InChI is InChI=1S/C26H35FN6O3/c1-6-7-13-29(3)23(34)18-11-9-14-32(15-18)25-28-22-21(24(35)31(5)26(36)30(22)4)33(25)16-19-17(2)10-8-12-20(19)27/h8,10,12,18H,6-7,9,11,13-16H2,1-5H3. The van der Waals surface area contributed by atoms with Crippen LogP contribution in [0.2, 0.25) is 0 Å². The second kappa shape index (κ2) is 10.3. The maximum Gasteiger partial charge on any atom is 0.332 e. The lowest BCUT2D eigenvalue weighted by atomic mass is 9.96. The summed E-state index contributed by atoms with van der Waals surface area (Å²) >= 11 is 0. The Morgan fingerprint density at radius 2 is 1.97 bits per heavy atom. The van der Waals surface area contributed by atoms with Crippen molar-refractivity contribution in [1.82, 2.24) is 23.6 Å². The van der Waals surface area contributed by atoms with E-state index in [4.69, 9.17) is 4.98 Å². The first kappa shape index (κ1) is 25.7. The Morgan fingerprint density at radius 1 is 1.22 bits per heavy atom. The van der Waals surface area contributed by atoms with E-state index in [1.54, 1.807) is 22.6 Å². The van der Waals surface area contributed by atoms with Crippen LogP contribution in [0.4, 0.5) is 10.3 Å². The van der Waals surface area contributed by atoms with E-state index >= 15 is 0 Å². The van der Waals surface area contributed by atoms with E-state index in [9.17, 15) is 18.8 Å². The summed E-state index contributed by atoms with van der Waals surface area (Å²) in [5.74, 6) is 0.00754. The van der Waals surface area contributed by atoms with E-state index in [1.165, 1.54) is 17.7 Å². The van der Waals surface area contributed by atoms with Crippen molar-refractivity contribution in [2.75, 3.05) is 31.6 Å². The maximum absolute atomic E-state index is 14.9. The number of carbonyl (C=O) groups is 1. The van der Waals surface area contributed by atoms with E-state index in [0.717, 1.165) is 42.4 Å². The van der Waals surface area contributed by atoms with E-state index in [0.29, 0.717) is 24.6 Å². The molecule has 1 fully saturated rings. The lowest BCUT2D eigenvalue weighted by molar-refractivity contribution is -0.134. The number of nitrogens with zero attached hydrogens (tertiary/aromatic N) is 6. The lowest BCUT2D eigenvalue weighted by Gasteiger charge is -2.34. The third kappa shape index (κ3) is 4.56. The predicted molar refractivity (Wildman–Crippen MR) is 138 cm³/mol. The summed E-state index contributed by atoms with van der Waals surface area (Å²) in [5.41, 5.74) is 0.748. The van der Waals surface area contributed by atoms with E-state index < -0.39 is 11.2 Å². The van der Waals surface area contributed by atoms with Crippen LogP contribution < -0.4 is 16.1 Å². The molecule has 0 aliphatic carbocycles. The molecule has 194 valence electrons. The summed E-state index contributed by atoms with van der Waals surface area (Å²) in [6.07, 6.45) is 3.53. The summed E-state index contributed by atoms with van der Waals surface area (Å²) in [7, 11) is 4.84. The first-order chi connectivity index (χ1) is 17.1. The smallest absolute Gasteiger partial charge is 0.332 e. The number of imidazole rings is 1. The molecule has 1 aliphatic heterocycles. The van der Waals surface area contributed by atoms with Gasteiger partial charge in [-0.3, -0.25) is 23.3 Å². The molecule has 10 heteroatoms. The van der Waals surface area contributed by atoms with Gasteiger partial charge in [0, 0.05) is 46.3 Å². The SMILES string of the molecule is CCCCN(C)C(=O)C1CCCN(c2nc3c(c(=O)n(C)c(=O)n3C)n2Cc2c(C)cccc2F)C1. The number of aryl methyl sites for hydroxylation is 2. The molecule has 1 atom stereocenters. The summed E-state index contributed by atoms with van der Waals surface area (Å²) in [6, 6.07) is 4.88. The minimum Gasteiger partial charge on any atom is -0.345 e. The number of hydrogen-bond donors (Lipinski definition) is 0. The number of hydrogen-bond acceptors (Lipinski definition) is 5. The highest BCUT2D eigenvalue weighted by Gasteiger charge is 2.31. The van der Waals surface area contributed by atoms with Crippen molar-refractivity contribution < 1.29 is 9.18 Å². The van der Waals surface area contributed by atoms with E-state index in [-0.39, 0.29) is 35.4 Å². The van der Waals surface area contributed by atoms with Crippen LogP contribution in [0.5, 0.6) is 0 Å². The number of amides is 1. The third-order valence-corrected chi connectivity index (χ3v) is 7.27. The number of halogens is 1. The fourth-order valence-corrected chi connectivity index (χ4v) is 5.03. The van der Waals surface area contributed by atoms with Crippen LogP contribution in [0.3, 0.4) is 0 Å². The number of anilines is 1. The average Bonchev–Trinajstić information content (AvgIpc) is 3.26. The van der Waals surface area contributed by atoms with Crippen molar-refractivity contribution in [3.63, 3.8) is 0 Å². The minimum absolute atomic E-state index is 0.0866. The van der Waals surface area contributed by atoms with Crippen LogP contribution in [0, 0.1) is 18.7 Å². The molecule has 1 aliphatic rings. The molecule has 0 N–H and O–H groups in total. The molecule has 4 rings (SSSR count). The molecular weight excluding hydrogens is 463 g/mol. The number of rotatable bonds is 7. The second-order valence-corrected chi connectivity index (χ2v) is 9.81. The average molecular weight is 499 g/mol. The monoisotopic (exact) mass is 498 g/mol. The summed E-state index contributed by atoms with van der Waals surface area (Å²) in [4.78, 5) is 47.5. The number of benzene rings is 1. The number of unbranched alkanes of at least 4 members (excludes halogenated alkanes) is 1. The normalized spacial score (nSPS) is 16.1. The Morgan fingerprint density at radius 3 is 2.67 bits per heavy atom. The minimum atomic E-state index is -0.482. The summed E-state index contributed by atoms with van der Waals surface area (Å²) in [6.45, 7) is 5.82. The van der Waals surface area contributed by atoms with Gasteiger partial charge in [0.25, 0.3) is 5.56 Å². The van der Waals surface area contributed by atoms with Crippen LogP contribution >= 0.6 is 0 Å². The Kier molecular flexibility index (Phi) is 7.33. The fraction of sp³-hybridized carbons (Fsp3) is 0.538. The predicted octanol–water partition coefficient (Wildman–Crippen LogP) is 2.40. The number of aromatic nitrogens is 4. The van der Waals surface area contributed by atoms with Gasteiger partial charge in [0.2, 0.25) is 11.9 Å². The molecule has 0 saturated carbocycles. The van der Waals surface area contributed by atoms with Crippen molar-refractivity contribution in [2.45, 2.75) is 46.1 Å². The summed E-state index contributed by atoms with van der Waals surface area (Å²) in [5, 5.41) is 0. The highest BCUT2D eigenvalue weighted by atomic mass is 19.1. The number of carbonyl (C=O) groups excluding carboxylic acids is 1. The molecule has 2 aromatic heterocycles. The molecule has 9 nitrogen and oxygen atoms in total. The zero-order valence-corrected chi connectivity index (χ0v) is 21.8. The molecule has 1 aromatic carbocycles. The first-order valence-corrected chi connectivity index (χ1v) is 12.6. The quantitative estimate of drug-likeness (QED) is 0.500. The molecule has 1 saturated heterocycles. The largest absolute Gasteiger partial charge is 0.345 e. The molecule has 1 unspecified atom stereocenters. The van der Waals surface area contributed by atoms with Gasteiger partial charge in [0.05, 0.1) is 12.5 Å². The molecule has 3 aromatic rings. The highest BCUT2D eigenvalue weighted by Crippen LogP contribution is 2.28. The molecule has 0 bridgehead atoms. The number of piperidine rings is 1. The van der Waals surface area contributed by atoms with Gasteiger partial charge in [0.1, 0.15) is 5.82 Å².